The van der Waals surface area contributed by atoms with Crippen LogP contribution in [0.15, 0.2) is 12.2 Å². The number of hydrogen-bond donors (Lipinski definition) is 1. The first-order valence-corrected chi connectivity index (χ1v) is 14.8. The van der Waals surface area contributed by atoms with Gasteiger partial charge < -0.3 is 10.2 Å². The van der Waals surface area contributed by atoms with Gasteiger partial charge in [0.25, 0.3) is 0 Å². The van der Waals surface area contributed by atoms with Crippen LogP contribution in [-0.4, -0.2) is 38.0 Å². The Morgan fingerprint density at radius 1 is 0.971 bits per heavy atom. The number of hydrogen-bond acceptors (Lipinski definition) is 2. The first-order valence-electron chi connectivity index (χ1n) is 14.8. The van der Waals surface area contributed by atoms with Crippen LogP contribution in [0.5, 0.6) is 0 Å². The summed E-state index contributed by atoms with van der Waals surface area (Å²) in [5.41, 5.74) is 1.16. The first kappa shape index (κ1) is 29.2. The van der Waals surface area contributed by atoms with Crippen molar-refractivity contribution < 1.29 is 4.79 Å². The van der Waals surface area contributed by atoms with Crippen molar-refractivity contribution in [3.63, 3.8) is 0 Å². The fraction of sp³-hybridized carbons (Fsp3) is 0.903. The lowest BCUT2D eigenvalue weighted by Crippen LogP contribution is -2.53. The van der Waals surface area contributed by atoms with Crippen molar-refractivity contribution in [1.82, 2.24) is 10.2 Å². The highest BCUT2D eigenvalue weighted by molar-refractivity contribution is 8.93. The van der Waals surface area contributed by atoms with E-state index in [4.69, 9.17) is 0 Å². The molecule has 3 nitrogen and oxygen atoms in total. The van der Waals surface area contributed by atoms with Crippen molar-refractivity contribution in [2.24, 2.45) is 46.3 Å². The molecule has 4 aliphatic carbocycles. The number of rotatable bonds is 9. The minimum absolute atomic E-state index is 0. The average molecular weight is 552 g/mol. The van der Waals surface area contributed by atoms with Gasteiger partial charge in [-0.2, -0.15) is 0 Å². The lowest BCUT2D eigenvalue weighted by Gasteiger charge is -2.61. The number of nitrogens with zero attached hydrogens (tertiary/aromatic N) is 1. The zero-order valence-electron chi connectivity index (χ0n) is 23.5. The number of halogens is 1. The molecule has 0 aliphatic heterocycles. The molecule has 202 valence electrons. The minimum Gasteiger partial charge on any atom is -0.356 e. The molecule has 0 aromatic heterocycles. The van der Waals surface area contributed by atoms with E-state index >= 15 is 0 Å². The third-order valence-corrected chi connectivity index (χ3v) is 11.4. The second kappa shape index (κ2) is 12.5. The first-order chi connectivity index (χ1) is 16.3. The predicted molar refractivity (Wildman–Crippen MR) is 154 cm³/mol. The van der Waals surface area contributed by atoms with Gasteiger partial charge in [-0.1, -0.05) is 45.8 Å². The molecule has 0 spiro atoms. The quantitative estimate of drug-likeness (QED) is 0.236. The van der Waals surface area contributed by atoms with Gasteiger partial charge in [0.2, 0.25) is 5.91 Å². The smallest absolute Gasteiger partial charge is 0.220 e. The van der Waals surface area contributed by atoms with Gasteiger partial charge in [0.15, 0.2) is 0 Å². The highest BCUT2D eigenvalue weighted by Gasteiger charge is 2.60. The Hall–Kier alpha value is -0.350. The Bertz CT molecular complexity index is 723. The van der Waals surface area contributed by atoms with Crippen molar-refractivity contribution in [2.75, 3.05) is 27.2 Å². The van der Waals surface area contributed by atoms with Crippen molar-refractivity contribution in [3.8, 4) is 0 Å². The fourth-order valence-corrected chi connectivity index (χ4v) is 9.62. The van der Waals surface area contributed by atoms with Crippen molar-refractivity contribution in [1.29, 1.82) is 0 Å². The zero-order chi connectivity index (χ0) is 24.3. The maximum atomic E-state index is 12.5. The second-order valence-electron chi connectivity index (χ2n) is 13.5. The van der Waals surface area contributed by atoms with Gasteiger partial charge in [-0.3, -0.25) is 4.79 Å². The van der Waals surface area contributed by atoms with Gasteiger partial charge in [0.1, 0.15) is 0 Å². The van der Waals surface area contributed by atoms with E-state index in [2.05, 4.69) is 57.2 Å². The van der Waals surface area contributed by atoms with E-state index in [0.717, 1.165) is 55.5 Å². The summed E-state index contributed by atoms with van der Waals surface area (Å²) in [5, 5.41) is 3.15. The summed E-state index contributed by atoms with van der Waals surface area (Å²) in [5.74, 6) is 5.68. The van der Waals surface area contributed by atoms with E-state index in [1.807, 2.05) is 0 Å². The highest BCUT2D eigenvalue weighted by atomic mass is 79.9. The maximum Gasteiger partial charge on any atom is 0.220 e. The van der Waals surface area contributed by atoms with Crippen LogP contribution >= 0.6 is 17.0 Å². The Morgan fingerprint density at radius 2 is 1.74 bits per heavy atom. The molecule has 0 radical (unpaired) electrons. The summed E-state index contributed by atoms with van der Waals surface area (Å²) in [6.07, 6.45) is 21.8. The highest BCUT2D eigenvalue weighted by Crippen LogP contribution is 2.68. The van der Waals surface area contributed by atoms with Crippen LogP contribution in [0, 0.1) is 46.3 Å². The summed E-state index contributed by atoms with van der Waals surface area (Å²) >= 11 is 0. The topological polar surface area (TPSA) is 32.3 Å². The summed E-state index contributed by atoms with van der Waals surface area (Å²) in [6, 6.07) is 0. The fourth-order valence-electron chi connectivity index (χ4n) is 9.62. The summed E-state index contributed by atoms with van der Waals surface area (Å²) < 4.78 is 0. The van der Waals surface area contributed by atoms with Crippen LogP contribution in [-0.2, 0) is 4.79 Å². The van der Waals surface area contributed by atoms with Gasteiger partial charge in [-0.05, 0) is 125 Å². The summed E-state index contributed by atoms with van der Waals surface area (Å²) in [4.78, 5) is 14.6. The van der Waals surface area contributed by atoms with Crippen molar-refractivity contribution in [2.45, 2.75) is 104 Å². The standard InChI is InChI=1S/C31H54N2O.BrH/c1-23(12-17-29(34)32-21-9-6-10-22-33(4)5)26-15-16-27-25-14-13-24-11-7-8-19-30(24,2)28(25)18-20-31(26,27)3;/h6,10,23-28H,7-9,11-22H2,1-5H3,(H,32,34);1H/t23-,24?,25+,26-,27+,28+,30+,31-;/m1./s1. The molecular formula is C31H55BrN2O. The molecule has 0 saturated heterocycles. The normalized spacial score (nSPS) is 39.4. The Balaban J connectivity index is 0.00000342. The second-order valence-corrected chi connectivity index (χ2v) is 13.5. The molecule has 1 N–H and O–H groups in total. The molecular weight excluding hydrogens is 496 g/mol. The number of likely N-dealkylation sites (N-methyl/N-ethyl adjacent to an activating group) is 1. The van der Waals surface area contributed by atoms with E-state index in [-0.39, 0.29) is 22.9 Å². The molecule has 4 fully saturated rings. The van der Waals surface area contributed by atoms with Gasteiger partial charge in [0, 0.05) is 19.5 Å². The minimum atomic E-state index is 0. The maximum absolute atomic E-state index is 12.5. The summed E-state index contributed by atoms with van der Waals surface area (Å²) in [6.45, 7) is 9.55. The molecule has 4 heteroatoms. The zero-order valence-corrected chi connectivity index (χ0v) is 25.2. The van der Waals surface area contributed by atoms with E-state index in [9.17, 15) is 4.79 Å². The van der Waals surface area contributed by atoms with Crippen LogP contribution in [0.2, 0.25) is 0 Å². The predicted octanol–water partition coefficient (Wildman–Crippen LogP) is 7.65. The van der Waals surface area contributed by atoms with Crippen LogP contribution < -0.4 is 5.32 Å². The molecule has 0 aromatic rings. The third kappa shape index (κ3) is 6.21. The van der Waals surface area contributed by atoms with Crippen molar-refractivity contribution in [3.05, 3.63) is 12.2 Å². The molecule has 4 aliphatic rings. The lowest BCUT2D eigenvalue weighted by atomic mass is 9.44. The molecule has 4 saturated carbocycles. The molecule has 1 unspecified atom stereocenters. The van der Waals surface area contributed by atoms with Crippen LogP contribution in [0.1, 0.15) is 104 Å². The molecule has 0 bridgehead atoms. The lowest BCUT2D eigenvalue weighted by molar-refractivity contribution is -0.122. The van der Waals surface area contributed by atoms with Crippen LogP contribution in [0.4, 0.5) is 0 Å². The molecule has 0 aromatic carbocycles. The largest absolute Gasteiger partial charge is 0.356 e. The number of nitrogens with one attached hydrogen (secondary N) is 1. The Kier molecular flexibility index (Phi) is 10.4. The monoisotopic (exact) mass is 550 g/mol. The van der Waals surface area contributed by atoms with Gasteiger partial charge >= 0.3 is 0 Å². The molecule has 0 heterocycles. The van der Waals surface area contributed by atoms with Gasteiger partial charge in [-0.25, -0.2) is 0 Å². The van der Waals surface area contributed by atoms with Gasteiger partial charge in [0.05, 0.1) is 0 Å². The molecule has 1 amide bonds. The Morgan fingerprint density at radius 3 is 2.51 bits per heavy atom. The molecule has 4 rings (SSSR count). The van der Waals surface area contributed by atoms with Crippen LogP contribution in [0.3, 0.4) is 0 Å². The summed E-state index contributed by atoms with van der Waals surface area (Å²) in [7, 11) is 4.15. The van der Waals surface area contributed by atoms with E-state index in [1.54, 1.807) is 0 Å². The SMILES string of the molecule is Br.C[C@H](CCC(=O)NCCC=CCN(C)C)[C@H]1CC[C@H]2[C@@H]3CCC4CCCC[C@]4(C)[C@H]3CC[C@]12C. The Labute approximate surface area is 227 Å². The average Bonchev–Trinajstić information content (AvgIpc) is 3.16. The number of carbonyl (C=O) groups excluding carboxylic acids is 1. The van der Waals surface area contributed by atoms with E-state index in [1.165, 1.54) is 64.2 Å². The number of fused-ring (bicyclic) bond motifs is 5. The number of carbonyl (C=O) groups is 1. The molecule has 8 atom stereocenters. The van der Waals surface area contributed by atoms with Crippen LogP contribution in [0.25, 0.3) is 0 Å². The van der Waals surface area contributed by atoms with E-state index < -0.39 is 0 Å². The number of amides is 1. The van der Waals surface area contributed by atoms with E-state index in [0.29, 0.717) is 23.2 Å². The molecule has 35 heavy (non-hydrogen) atoms. The van der Waals surface area contributed by atoms with Gasteiger partial charge in [-0.15, -0.1) is 17.0 Å². The third-order valence-electron chi connectivity index (χ3n) is 11.4. The van der Waals surface area contributed by atoms with Crippen molar-refractivity contribution >= 4 is 22.9 Å².